The fourth-order valence-corrected chi connectivity index (χ4v) is 1.06. The lowest BCUT2D eigenvalue weighted by atomic mass is 9.95. The molecule has 0 radical (unpaired) electrons. The second-order valence-corrected chi connectivity index (χ2v) is 3.11. The van der Waals surface area contributed by atoms with Crippen LogP contribution in [0, 0.1) is 0 Å². The molecule has 0 fully saturated rings. The largest absolute Gasteiger partial charge is 0.396 e. The second kappa shape index (κ2) is 3.65. The molecule has 0 amide bonds. The van der Waals surface area contributed by atoms with Crippen molar-refractivity contribution in [2.45, 2.75) is 18.9 Å². The van der Waals surface area contributed by atoms with Crippen molar-refractivity contribution >= 4 is 0 Å². The van der Waals surface area contributed by atoms with E-state index >= 15 is 0 Å². The van der Waals surface area contributed by atoms with Crippen molar-refractivity contribution in [2.24, 2.45) is 5.73 Å². The van der Waals surface area contributed by atoms with Crippen LogP contribution in [-0.4, -0.2) is 16.7 Å². The van der Waals surface area contributed by atoms with Gasteiger partial charge in [0.15, 0.2) is 0 Å². The van der Waals surface area contributed by atoms with Crippen molar-refractivity contribution < 1.29 is 5.11 Å². The van der Waals surface area contributed by atoms with Crippen molar-refractivity contribution in [1.29, 1.82) is 0 Å². The smallest absolute Gasteiger partial charge is 0.0600 e. The predicted octanol–water partition coefficient (Wildman–Crippen LogP) is 0.638. The Balaban J connectivity index is 2.82. The zero-order chi connectivity index (χ0) is 9.03. The van der Waals surface area contributed by atoms with Crippen LogP contribution in [0.2, 0.25) is 0 Å². The highest BCUT2D eigenvalue weighted by Gasteiger charge is 2.20. The van der Waals surface area contributed by atoms with Crippen LogP contribution in [0.3, 0.4) is 0 Å². The Morgan fingerprint density at radius 1 is 1.58 bits per heavy atom. The van der Waals surface area contributed by atoms with Gasteiger partial charge in [0.2, 0.25) is 0 Å². The molecule has 12 heavy (non-hydrogen) atoms. The summed E-state index contributed by atoms with van der Waals surface area (Å²) in [6.45, 7) is 1.95. The van der Waals surface area contributed by atoms with Gasteiger partial charge in [0.1, 0.15) is 0 Å². The summed E-state index contributed by atoms with van der Waals surface area (Å²) in [4.78, 5) is 4.13. The van der Waals surface area contributed by atoms with Crippen LogP contribution in [0.1, 0.15) is 19.0 Å². The van der Waals surface area contributed by atoms with Crippen LogP contribution in [0.5, 0.6) is 0 Å². The lowest BCUT2D eigenvalue weighted by Gasteiger charge is -2.22. The third-order valence-corrected chi connectivity index (χ3v) is 1.88. The third-order valence-electron chi connectivity index (χ3n) is 1.88. The number of hydrogen-bond acceptors (Lipinski definition) is 3. The van der Waals surface area contributed by atoms with Gasteiger partial charge < -0.3 is 10.8 Å². The summed E-state index contributed by atoms with van der Waals surface area (Å²) in [6.07, 6.45) is 2.24. The lowest BCUT2D eigenvalue weighted by Crippen LogP contribution is -2.34. The van der Waals surface area contributed by atoms with Gasteiger partial charge in [0.05, 0.1) is 11.2 Å². The fourth-order valence-electron chi connectivity index (χ4n) is 1.06. The zero-order valence-electron chi connectivity index (χ0n) is 7.20. The Morgan fingerprint density at radius 3 is 2.83 bits per heavy atom. The van der Waals surface area contributed by atoms with E-state index in [9.17, 15) is 0 Å². The van der Waals surface area contributed by atoms with Gasteiger partial charge in [-0.1, -0.05) is 6.07 Å². The first-order valence-electron chi connectivity index (χ1n) is 3.98. The Kier molecular flexibility index (Phi) is 2.78. The Labute approximate surface area is 72.2 Å². The number of nitrogens with two attached hydrogens (primary N) is 1. The first-order chi connectivity index (χ1) is 5.67. The van der Waals surface area contributed by atoms with E-state index in [1.54, 1.807) is 6.20 Å². The molecule has 1 aromatic rings. The maximum Gasteiger partial charge on any atom is 0.0600 e. The number of nitrogens with zero attached hydrogens (tertiary/aromatic N) is 1. The van der Waals surface area contributed by atoms with Crippen LogP contribution < -0.4 is 5.73 Å². The molecule has 3 heteroatoms. The molecule has 0 spiro atoms. The molecule has 3 nitrogen and oxygen atoms in total. The van der Waals surface area contributed by atoms with Crippen LogP contribution in [0.25, 0.3) is 0 Å². The van der Waals surface area contributed by atoms with E-state index in [1.807, 2.05) is 25.1 Å². The second-order valence-electron chi connectivity index (χ2n) is 3.11. The summed E-state index contributed by atoms with van der Waals surface area (Å²) >= 11 is 0. The number of aliphatic hydroxyl groups is 1. The molecule has 3 N–H and O–H groups in total. The Morgan fingerprint density at radius 2 is 2.33 bits per heavy atom. The number of aromatic nitrogens is 1. The van der Waals surface area contributed by atoms with E-state index in [2.05, 4.69) is 4.98 Å². The van der Waals surface area contributed by atoms with Gasteiger partial charge in [0, 0.05) is 12.8 Å². The zero-order valence-corrected chi connectivity index (χ0v) is 7.20. The third kappa shape index (κ3) is 2.03. The average Bonchev–Trinajstić information content (AvgIpc) is 2.06. The summed E-state index contributed by atoms with van der Waals surface area (Å²) in [5.41, 5.74) is 6.23. The molecule has 0 aromatic carbocycles. The highest BCUT2D eigenvalue weighted by molar-refractivity contribution is 5.13. The maximum absolute atomic E-state index is 8.76. The molecule has 0 saturated carbocycles. The van der Waals surface area contributed by atoms with E-state index in [0.717, 1.165) is 5.69 Å². The van der Waals surface area contributed by atoms with Gasteiger partial charge >= 0.3 is 0 Å². The number of rotatable bonds is 3. The maximum atomic E-state index is 8.76. The molecule has 1 atom stereocenters. The monoisotopic (exact) mass is 166 g/mol. The highest BCUT2D eigenvalue weighted by atomic mass is 16.3. The minimum absolute atomic E-state index is 0.0869. The van der Waals surface area contributed by atoms with Gasteiger partial charge in [-0.25, -0.2) is 0 Å². The van der Waals surface area contributed by atoms with E-state index in [-0.39, 0.29) is 6.61 Å². The molecule has 66 valence electrons. The molecular formula is C9H14N2O. The molecular weight excluding hydrogens is 152 g/mol. The summed E-state index contributed by atoms with van der Waals surface area (Å²) < 4.78 is 0. The summed E-state index contributed by atoms with van der Waals surface area (Å²) in [6, 6.07) is 5.61. The minimum Gasteiger partial charge on any atom is -0.396 e. The molecule has 1 aromatic heterocycles. The van der Waals surface area contributed by atoms with Crippen LogP contribution >= 0.6 is 0 Å². The van der Waals surface area contributed by atoms with Gasteiger partial charge in [-0.3, -0.25) is 4.98 Å². The molecule has 0 aliphatic heterocycles. The van der Waals surface area contributed by atoms with E-state index < -0.39 is 5.54 Å². The fraction of sp³-hybridized carbons (Fsp3) is 0.444. The van der Waals surface area contributed by atoms with E-state index in [0.29, 0.717) is 6.42 Å². The summed E-state index contributed by atoms with van der Waals surface area (Å²) in [5, 5.41) is 8.76. The topological polar surface area (TPSA) is 59.1 Å². The van der Waals surface area contributed by atoms with Crippen LogP contribution in [-0.2, 0) is 5.54 Å². The molecule has 0 bridgehead atoms. The van der Waals surface area contributed by atoms with Gasteiger partial charge in [-0.15, -0.1) is 0 Å². The number of aliphatic hydroxyl groups excluding tert-OH is 1. The SMILES string of the molecule is C[C@](N)(CCO)c1ccccn1. The van der Waals surface area contributed by atoms with Gasteiger partial charge in [-0.05, 0) is 25.5 Å². The summed E-state index contributed by atoms with van der Waals surface area (Å²) in [5.74, 6) is 0. The Bertz CT molecular complexity index is 234. The van der Waals surface area contributed by atoms with E-state index in [1.165, 1.54) is 0 Å². The van der Waals surface area contributed by atoms with Crippen molar-refractivity contribution in [1.82, 2.24) is 4.98 Å². The molecule has 0 aliphatic rings. The first-order valence-corrected chi connectivity index (χ1v) is 3.98. The van der Waals surface area contributed by atoms with Crippen LogP contribution in [0.4, 0.5) is 0 Å². The van der Waals surface area contributed by atoms with E-state index in [4.69, 9.17) is 10.8 Å². The molecule has 0 saturated heterocycles. The number of pyridine rings is 1. The predicted molar refractivity (Wildman–Crippen MR) is 47.5 cm³/mol. The lowest BCUT2D eigenvalue weighted by molar-refractivity contribution is 0.245. The van der Waals surface area contributed by atoms with Gasteiger partial charge in [-0.2, -0.15) is 0 Å². The quantitative estimate of drug-likeness (QED) is 0.692. The normalized spacial score (nSPS) is 15.6. The van der Waals surface area contributed by atoms with Crippen molar-refractivity contribution in [2.75, 3.05) is 6.61 Å². The summed E-state index contributed by atoms with van der Waals surface area (Å²) in [7, 11) is 0. The van der Waals surface area contributed by atoms with Crippen molar-refractivity contribution in [3.8, 4) is 0 Å². The highest BCUT2D eigenvalue weighted by Crippen LogP contribution is 2.17. The van der Waals surface area contributed by atoms with Gasteiger partial charge in [0.25, 0.3) is 0 Å². The molecule has 0 unspecified atom stereocenters. The number of hydrogen-bond donors (Lipinski definition) is 2. The van der Waals surface area contributed by atoms with Crippen molar-refractivity contribution in [3.63, 3.8) is 0 Å². The van der Waals surface area contributed by atoms with Crippen molar-refractivity contribution in [3.05, 3.63) is 30.1 Å². The Hall–Kier alpha value is -0.930. The average molecular weight is 166 g/mol. The standard InChI is InChI=1S/C9H14N2O/c1-9(10,5-7-12)8-4-2-3-6-11-8/h2-4,6,12H,5,7,10H2,1H3/t9-/m0/s1. The molecule has 0 aliphatic carbocycles. The molecule has 1 rings (SSSR count). The molecule has 1 heterocycles. The van der Waals surface area contributed by atoms with Crippen LogP contribution in [0.15, 0.2) is 24.4 Å². The minimum atomic E-state index is -0.518. The first kappa shape index (κ1) is 9.16.